The maximum atomic E-state index is 12.5. The quantitative estimate of drug-likeness (QED) is 0.521. The lowest BCUT2D eigenvalue weighted by atomic mass is 9.95. The third-order valence-electron chi connectivity index (χ3n) is 4.40. The molecule has 0 saturated carbocycles. The lowest BCUT2D eigenvalue weighted by molar-refractivity contribution is 0.161. The third kappa shape index (κ3) is 2.38. The number of aryl methyl sites for hydroxylation is 1. The van der Waals surface area contributed by atoms with Gasteiger partial charge in [-0.15, -0.1) is 0 Å². The average Bonchev–Trinajstić information content (AvgIpc) is 2.53. The summed E-state index contributed by atoms with van der Waals surface area (Å²) in [5.74, 6) is 0.594. The van der Waals surface area contributed by atoms with Crippen LogP contribution in [0.25, 0.3) is 28.0 Å². The van der Waals surface area contributed by atoms with Crippen molar-refractivity contribution in [3.8, 4) is 5.75 Å². The Kier molecular flexibility index (Phi) is 3.35. The Morgan fingerprint density at radius 1 is 1.12 bits per heavy atom. The van der Waals surface area contributed by atoms with Gasteiger partial charge in [-0.2, -0.15) is 0 Å². The van der Waals surface area contributed by atoms with Crippen LogP contribution in [0.2, 0.25) is 0 Å². The highest BCUT2D eigenvalue weighted by atomic mass is 16.5. The van der Waals surface area contributed by atoms with Crippen LogP contribution in [0.15, 0.2) is 42.9 Å². The van der Waals surface area contributed by atoms with Gasteiger partial charge in [0.1, 0.15) is 16.7 Å². The van der Waals surface area contributed by atoms with Gasteiger partial charge in [-0.25, -0.2) is 4.79 Å². The summed E-state index contributed by atoms with van der Waals surface area (Å²) in [6, 6.07) is 2.81. The van der Waals surface area contributed by atoms with E-state index in [1.54, 1.807) is 0 Å². The molecule has 0 aliphatic carbocycles. The molecule has 0 spiro atoms. The molecule has 5 nitrogen and oxygen atoms in total. The molecule has 3 aromatic rings. The van der Waals surface area contributed by atoms with Gasteiger partial charge in [0.15, 0.2) is 16.6 Å². The molecule has 0 saturated heterocycles. The highest BCUT2D eigenvalue weighted by molar-refractivity contribution is 6.10. The minimum Gasteiger partial charge on any atom is -0.482 e. The molecular formula is C20H18O5. The topological polar surface area (TPSA) is 69.7 Å². The van der Waals surface area contributed by atoms with E-state index < -0.39 is 11.2 Å². The van der Waals surface area contributed by atoms with Gasteiger partial charge < -0.3 is 13.6 Å². The number of benzene rings is 1. The number of hydrogen-bond acceptors (Lipinski definition) is 5. The number of hydrogen-bond donors (Lipinski definition) is 0. The smallest absolute Gasteiger partial charge is 0.336 e. The molecule has 1 aliphatic rings. The molecule has 4 rings (SSSR count). The number of ether oxygens (including phenoxy) is 1. The molecule has 5 heteroatoms. The highest BCUT2D eigenvalue weighted by Crippen LogP contribution is 2.43. The van der Waals surface area contributed by atoms with E-state index in [0.29, 0.717) is 28.7 Å². The van der Waals surface area contributed by atoms with Crippen LogP contribution < -0.4 is 15.8 Å². The average molecular weight is 338 g/mol. The molecule has 0 bridgehead atoms. The minimum atomic E-state index is -0.512. The fourth-order valence-electron chi connectivity index (χ4n) is 3.34. The van der Waals surface area contributed by atoms with Crippen LogP contribution in [-0.2, 0) is 6.42 Å². The summed E-state index contributed by atoms with van der Waals surface area (Å²) in [6.07, 6.45) is 6.72. The van der Waals surface area contributed by atoms with Crippen molar-refractivity contribution >= 4 is 28.0 Å². The second-order valence-electron chi connectivity index (χ2n) is 6.82. The molecule has 1 aromatic carbocycles. The summed E-state index contributed by atoms with van der Waals surface area (Å²) in [6.45, 7) is 5.93. The van der Waals surface area contributed by atoms with Crippen LogP contribution >= 0.6 is 0 Å². The lowest BCUT2D eigenvalue weighted by Gasteiger charge is -2.29. The molecule has 3 heterocycles. The van der Waals surface area contributed by atoms with Gasteiger partial charge in [0.25, 0.3) is 0 Å². The standard InChI is InChI=1S/C20H18O5/c1-4-5-11-10-14(22)24-19-15(11)18-12(6-8-20(2,3)25-18)17-16(19)13(21)7-9-23-17/h6-10H,4-5H2,1-3H3. The van der Waals surface area contributed by atoms with Crippen molar-refractivity contribution in [1.29, 1.82) is 0 Å². The lowest BCUT2D eigenvalue weighted by Crippen LogP contribution is -2.28. The van der Waals surface area contributed by atoms with Crippen LogP contribution in [0.5, 0.6) is 5.75 Å². The Morgan fingerprint density at radius 3 is 2.68 bits per heavy atom. The first kappa shape index (κ1) is 15.7. The van der Waals surface area contributed by atoms with Gasteiger partial charge in [-0.05, 0) is 38.0 Å². The second-order valence-corrected chi connectivity index (χ2v) is 6.82. The molecule has 0 amide bonds. The Balaban J connectivity index is 2.31. The molecule has 0 unspecified atom stereocenters. The largest absolute Gasteiger partial charge is 0.482 e. The van der Waals surface area contributed by atoms with Gasteiger partial charge in [-0.1, -0.05) is 13.3 Å². The molecule has 0 fully saturated rings. The zero-order valence-electron chi connectivity index (χ0n) is 14.3. The van der Waals surface area contributed by atoms with Crippen LogP contribution in [0.3, 0.4) is 0 Å². The maximum Gasteiger partial charge on any atom is 0.336 e. The first-order valence-corrected chi connectivity index (χ1v) is 8.34. The van der Waals surface area contributed by atoms with E-state index in [-0.39, 0.29) is 16.4 Å². The molecule has 128 valence electrons. The summed E-state index contributed by atoms with van der Waals surface area (Å²) < 4.78 is 17.3. The van der Waals surface area contributed by atoms with Gasteiger partial charge in [0, 0.05) is 12.1 Å². The summed E-state index contributed by atoms with van der Waals surface area (Å²) in [5.41, 5.74) is 0.897. The molecule has 25 heavy (non-hydrogen) atoms. The monoisotopic (exact) mass is 338 g/mol. The molecule has 1 aliphatic heterocycles. The van der Waals surface area contributed by atoms with E-state index >= 15 is 0 Å². The molecule has 2 aromatic heterocycles. The van der Waals surface area contributed by atoms with Crippen molar-refractivity contribution in [2.75, 3.05) is 0 Å². The van der Waals surface area contributed by atoms with Crippen LogP contribution in [0.1, 0.15) is 38.3 Å². The van der Waals surface area contributed by atoms with E-state index in [1.807, 2.05) is 32.9 Å². The van der Waals surface area contributed by atoms with Crippen molar-refractivity contribution in [2.24, 2.45) is 0 Å². The van der Waals surface area contributed by atoms with E-state index in [2.05, 4.69) is 0 Å². The predicted octanol–water partition coefficient (Wildman–Crippen LogP) is 4.04. The molecule has 0 atom stereocenters. The number of rotatable bonds is 2. The van der Waals surface area contributed by atoms with Gasteiger partial charge >= 0.3 is 5.63 Å². The van der Waals surface area contributed by atoms with Gasteiger partial charge in [0.2, 0.25) is 0 Å². The van der Waals surface area contributed by atoms with E-state index in [1.165, 1.54) is 18.4 Å². The highest BCUT2D eigenvalue weighted by Gasteiger charge is 2.29. The van der Waals surface area contributed by atoms with Crippen molar-refractivity contribution in [3.05, 3.63) is 56.2 Å². The van der Waals surface area contributed by atoms with Gasteiger partial charge in [0.05, 0.1) is 17.2 Å². The van der Waals surface area contributed by atoms with Crippen LogP contribution in [0.4, 0.5) is 0 Å². The fourth-order valence-corrected chi connectivity index (χ4v) is 3.34. The summed E-state index contributed by atoms with van der Waals surface area (Å²) >= 11 is 0. The zero-order valence-corrected chi connectivity index (χ0v) is 14.3. The van der Waals surface area contributed by atoms with Crippen molar-refractivity contribution < 1.29 is 13.6 Å². The first-order valence-electron chi connectivity index (χ1n) is 8.34. The van der Waals surface area contributed by atoms with Crippen LogP contribution in [-0.4, -0.2) is 5.60 Å². The molecule has 0 N–H and O–H groups in total. The van der Waals surface area contributed by atoms with Crippen LogP contribution in [0, 0.1) is 0 Å². The molecular weight excluding hydrogens is 320 g/mol. The Morgan fingerprint density at radius 2 is 1.92 bits per heavy atom. The van der Waals surface area contributed by atoms with Crippen molar-refractivity contribution in [1.82, 2.24) is 0 Å². The fraction of sp³-hybridized carbons (Fsp3) is 0.300. The second kappa shape index (κ2) is 5.34. The summed E-state index contributed by atoms with van der Waals surface area (Å²) in [5, 5.41) is 0.958. The van der Waals surface area contributed by atoms with E-state index in [9.17, 15) is 9.59 Å². The first-order chi connectivity index (χ1) is 11.9. The normalized spacial score (nSPS) is 15.3. The molecule has 0 radical (unpaired) electrons. The third-order valence-corrected chi connectivity index (χ3v) is 4.40. The van der Waals surface area contributed by atoms with E-state index in [4.69, 9.17) is 13.6 Å². The predicted molar refractivity (Wildman–Crippen MR) is 96.3 cm³/mol. The Bertz CT molecular complexity index is 1140. The van der Waals surface area contributed by atoms with Crippen molar-refractivity contribution in [3.63, 3.8) is 0 Å². The zero-order chi connectivity index (χ0) is 17.8. The minimum absolute atomic E-state index is 0.241. The SMILES string of the molecule is CCCc1cc(=O)oc2c1c1c(c3occc(=O)c32)C=CC(C)(C)O1. The Hall–Kier alpha value is -2.82. The van der Waals surface area contributed by atoms with Gasteiger partial charge in [-0.3, -0.25) is 4.79 Å². The maximum absolute atomic E-state index is 12.5. The summed E-state index contributed by atoms with van der Waals surface area (Å²) in [4.78, 5) is 24.6. The van der Waals surface area contributed by atoms with Crippen molar-refractivity contribution in [2.45, 2.75) is 39.2 Å². The number of fused-ring (bicyclic) bond motifs is 6. The summed E-state index contributed by atoms with van der Waals surface area (Å²) in [7, 11) is 0. The Labute approximate surface area is 143 Å². The van der Waals surface area contributed by atoms with E-state index in [0.717, 1.165) is 12.0 Å².